The van der Waals surface area contributed by atoms with E-state index in [1.807, 2.05) is 0 Å². The molecule has 11 rings (SSSR count). The van der Waals surface area contributed by atoms with E-state index >= 15 is 0 Å². The Morgan fingerprint density at radius 3 is 1.58 bits per heavy atom. The van der Waals surface area contributed by atoms with Crippen molar-refractivity contribution in [3.05, 3.63) is 163 Å². The Morgan fingerprint density at radius 1 is 0.380 bits per heavy atom. The van der Waals surface area contributed by atoms with Gasteiger partial charge in [0.15, 0.2) is 0 Å². The lowest BCUT2D eigenvalue weighted by Gasteiger charge is -2.18. The molecule has 1 aliphatic rings. The summed E-state index contributed by atoms with van der Waals surface area (Å²) < 4.78 is 8.84. The Labute approximate surface area is 289 Å². The van der Waals surface area contributed by atoms with Crippen molar-refractivity contribution >= 4 is 65.3 Å². The van der Waals surface area contributed by atoms with Crippen molar-refractivity contribution in [2.45, 2.75) is 25.7 Å². The van der Waals surface area contributed by atoms with E-state index in [0.717, 1.165) is 24.0 Å². The van der Waals surface area contributed by atoms with Gasteiger partial charge in [0.05, 0.1) is 11.0 Å². The van der Waals surface area contributed by atoms with Gasteiger partial charge in [0, 0.05) is 27.2 Å². The SMILES string of the molecule is c1ccc(-n2c3ccccc3c3cc(-c4c5ccccc5c(-c5ccc6oc7cc8c(cc7c6c5)CCCC8)c5ccccc45)ccc32)cc1. The maximum atomic E-state index is 6.46. The molecule has 0 saturated carbocycles. The summed E-state index contributed by atoms with van der Waals surface area (Å²) in [7, 11) is 0. The molecule has 0 N–H and O–H groups in total. The third kappa shape index (κ3) is 4.02. The third-order valence-corrected chi connectivity index (χ3v) is 11.1. The number of benzene rings is 8. The van der Waals surface area contributed by atoms with E-state index < -0.39 is 0 Å². The van der Waals surface area contributed by atoms with Gasteiger partial charge < -0.3 is 8.98 Å². The van der Waals surface area contributed by atoms with Crippen LogP contribution in [0.3, 0.4) is 0 Å². The average Bonchev–Trinajstić information content (AvgIpc) is 3.70. The second-order valence-electron chi connectivity index (χ2n) is 13.9. The summed E-state index contributed by atoms with van der Waals surface area (Å²) in [4.78, 5) is 0. The van der Waals surface area contributed by atoms with Gasteiger partial charge in [0.25, 0.3) is 0 Å². The maximum absolute atomic E-state index is 6.46. The molecule has 0 unspecified atom stereocenters. The van der Waals surface area contributed by atoms with E-state index in [0.29, 0.717) is 0 Å². The molecule has 8 aromatic carbocycles. The van der Waals surface area contributed by atoms with Gasteiger partial charge in [0.2, 0.25) is 0 Å². The molecule has 0 amide bonds. The van der Waals surface area contributed by atoms with Crippen LogP contribution in [-0.2, 0) is 12.8 Å². The zero-order valence-corrected chi connectivity index (χ0v) is 27.6. The maximum Gasteiger partial charge on any atom is 0.135 e. The van der Waals surface area contributed by atoms with Gasteiger partial charge in [-0.3, -0.25) is 0 Å². The molecule has 10 aromatic rings. The van der Waals surface area contributed by atoms with Gasteiger partial charge in [0.1, 0.15) is 11.2 Å². The highest BCUT2D eigenvalue weighted by atomic mass is 16.3. The Kier molecular flexibility index (Phi) is 5.94. The minimum absolute atomic E-state index is 0.958. The molecule has 0 spiro atoms. The van der Waals surface area contributed by atoms with Gasteiger partial charge in [-0.2, -0.15) is 0 Å². The molecule has 0 saturated heterocycles. The van der Waals surface area contributed by atoms with Crippen molar-refractivity contribution in [1.29, 1.82) is 0 Å². The van der Waals surface area contributed by atoms with Crippen molar-refractivity contribution in [3.63, 3.8) is 0 Å². The van der Waals surface area contributed by atoms with Crippen molar-refractivity contribution in [1.82, 2.24) is 4.57 Å². The molecule has 2 heteroatoms. The van der Waals surface area contributed by atoms with Crippen LogP contribution in [0.1, 0.15) is 24.0 Å². The molecule has 0 atom stereocenters. The van der Waals surface area contributed by atoms with E-state index in [9.17, 15) is 0 Å². The normalized spacial score (nSPS) is 13.3. The highest BCUT2D eigenvalue weighted by Crippen LogP contribution is 2.46. The van der Waals surface area contributed by atoms with Crippen LogP contribution in [-0.4, -0.2) is 4.57 Å². The van der Waals surface area contributed by atoms with E-state index in [-0.39, 0.29) is 0 Å². The van der Waals surface area contributed by atoms with Gasteiger partial charge in [-0.25, -0.2) is 0 Å². The number of nitrogens with zero attached hydrogens (tertiary/aromatic N) is 1. The van der Waals surface area contributed by atoms with Crippen LogP contribution in [0.15, 0.2) is 156 Å². The minimum atomic E-state index is 0.958. The predicted molar refractivity (Wildman–Crippen MR) is 211 cm³/mol. The van der Waals surface area contributed by atoms with Crippen LogP contribution < -0.4 is 0 Å². The smallest absolute Gasteiger partial charge is 0.135 e. The van der Waals surface area contributed by atoms with Crippen molar-refractivity contribution in [2.24, 2.45) is 0 Å². The minimum Gasteiger partial charge on any atom is -0.456 e. The lowest BCUT2D eigenvalue weighted by molar-refractivity contribution is 0.659. The van der Waals surface area contributed by atoms with E-state index in [1.165, 1.54) is 106 Å². The monoisotopic (exact) mass is 639 g/mol. The number of aromatic nitrogens is 1. The first-order chi connectivity index (χ1) is 24.8. The molecule has 0 bridgehead atoms. The molecular weight excluding hydrogens is 607 g/mol. The Bertz CT molecular complexity index is 2920. The van der Waals surface area contributed by atoms with Crippen LogP contribution >= 0.6 is 0 Å². The van der Waals surface area contributed by atoms with Crippen molar-refractivity contribution < 1.29 is 4.42 Å². The van der Waals surface area contributed by atoms with E-state index in [4.69, 9.17) is 4.42 Å². The number of furan rings is 1. The van der Waals surface area contributed by atoms with Crippen LogP contribution in [0.25, 0.3) is 93.2 Å². The molecule has 0 fully saturated rings. The molecule has 236 valence electrons. The molecular formula is C48H33NO. The van der Waals surface area contributed by atoms with Gasteiger partial charge in [-0.05, 0) is 135 Å². The van der Waals surface area contributed by atoms with Crippen LogP contribution in [0.4, 0.5) is 0 Å². The zero-order chi connectivity index (χ0) is 32.8. The fourth-order valence-electron chi connectivity index (χ4n) is 8.90. The van der Waals surface area contributed by atoms with Crippen molar-refractivity contribution in [2.75, 3.05) is 0 Å². The average molecular weight is 640 g/mol. The number of rotatable bonds is 3. The van der Waals surface area contributed by atoms with E-state index in [2.05, 4.69) is 156 Å². The number of hydrogen-bond acceptors (Lipinski definition) is 1. The van der Waals surface area contributed by atoms with Gasteiger partial charge in [-0.15, -0.1) is 0 Å². The lowest BCUT2D eigenvalue weighted by Crippen LogP contribution is -2.01. The third-order valence-electron chi connectivity index (χ3n) is 11.1. The second-order valence-corrected chi connectivity index (χ2v) is 13.9. The van der Waals surface area contributed by atoms with Crippen LogP contribution in [0, 0.1) is 0 Å². The number of para-hydroxylation sites is 2. The molecule has 2 aromatic heterocycles. The highest BCUT2D eigenvalue weighted by Gasteiger charge is 2.20. The predicted octanol–water partition coefficient (Wildman–Crippen LogP) is 13.2. The Morgan fingerprint density at radius 2 is 0.900 bits per heavy atom. The topological polar surface area (TPSA) is 18.1 Å². The molecule has 0 radical (unpaired) electrons. The summed E-state index contributed by atoms with van der Waals surface area (Å²) in [5.74, 6) is 0. The summed E-state index contributed by atoms with van der Waals surface area (Å²) in [6, 6.07) is 55.9. The Hall–Kier alpha value is -6.12. The fourth-order valence-corrected chi connectivity index (χ4v) is 8.90. The number of aryl methyl sites for hydroxylation is 2. The quantitative estimate of drug-likeness (QED) is 0.176. The molecule has 2 heterocycles. The molecule has 0 aliphatic heterocycles. The highest BCUT2D eigenvalue weighted by molar-refractivity contribution is 6.23. The number of hydrogen-bond donors (Lipinski definition) is 0. The summed E-state index contributed by atoms with van der Waals surface area (Å²) in [5.41, 5.74) is 13.5. The van der Waals surface area contributed by atoms with Gasteiger partial charge >= 0.3 is 0 Å². The zero-order valence-electron chi connectivity index (χ0n) is 27.6. The first kappa shape index (κ1) is 27.8. The summed E-state index contributed by atoms with van der Waals surface area (Å²) >= 11 is 0. The second kappa shape index (κ2) is 10.7. The fraction of sp³-hybridized carbons (Fsp3) is 0.0833. The van der Waals surface area contributed by atoms with Crippen LogP contribution in [0.5, 0.6) is 0 Å². The summed E-state index contributed by atoms with van der Waals surface area (Å²) in [6.07, 6.45) is 4.85. The summed E-state index contributed by atoms with van der Waals surface area (Å²) in [6.45, 7) is 0. The van der Waals surface area contributed by atoms with E-state index in [1.54, 1.807) is 0 Å². The summed E-state index contributed by atoms with van der Waals surface area (Å²) in [5, 5.41) is 10.0. The standard InChI is InChI=1S/C48H33NO/c1-2-14-34(15-3-1)49-43-21-11-10-16-35(43)40-27-32(22-24-44(40)49)47-36-17-6-8-19-38(36)48(39-20-9-7-18-37(39)47)33-23-25-45-41(28-33)42-26-30-12-4-5-13-31(30)29-46(42)50-45/h1-3,6-11,14-29H,4-5,12-13H2. The van der Waals surface area contributed by atoms with Crippen LogP contribution in [0.2, 0.25) is 0 Å². The van der Waals surface area contributed by atoms with Crippen molar-refractivity contribution in [3.8, 4) is 27.9 Å². The first-order valence-electron chi connectivity index (χ1n) is 17.8. The molecule has 2 nitrogen and oxygen atoms in total. The molecule has 1 aliphatic carbocycles. The molecule has 50 heavy (non-hydrogen) atoms. The first-order valence-corrected chi connectivity index (χ1v) is 17.8. The Balaban J connectivity index is 1.17. The largest absolute Gasteiger partial charge is 0.456 e. The number of fused-ring (bicyclic) bond motifs is 9. The lowest BCUT2D eigenvalue weighted by atomic mass is 9.85. The van der Waals surface area contributed by atoms with Gasteiger partial charge in [-0.1, -0.05) is 97.1 Å².